The van der Waals surface area contributed by atoms with Gasteiger partial charge < -0.3 is 14.8 Å². The van der Waals surface area contributed by atoms with Crippen molar-refractivity contribution >= 4 is 18.5 Å². The van der Waals surface area contributed by atoms with Gasteiger partial charge in [-0.25, -0.2) is 4.99 Å². The van der Waals surface area contributed by atoms with Crippen molar-refractivity contribution in [2.24, 2.45) is 10.9 Å². The molecule has 1 aromatic heterocycles. The predicted octanol–water partition coefficient (Wildman–Crippen LogP) is 1.94. The molecule has 1 N–H and O–H groups in total. The molecule has 2 aliphatic rings. The quantitative estimate of drug-likeness (QED) is 0.861. The number of hydrogen-bond acceptors (Lipinski definition) is 5. The number of nitrogens with zero attached hydrogens (tertiary/aromatic N) is 2. The fourth-order valence-corrected chi connectivity index (χ4v) is 3.17. The molecular formula is C18H15N3O4. The van der Waals surface area contributed by atoms with E-state index < -0.39 is 0 Å². The van der Waals surface area contributed by atoms with Crippen molar-refractivity contribution in [2.45, 2.75) is 12.0 Å². The largest absolute Gasteiger partial charge is 0.489 e. The number of carbonyl (C=O) groups is 2. The van der Waals surface area contributed by atoms with Crippen LogP contribution in [0, 0.1) is 5.92 Å². The van der Waals surface area contributed by atoms with E-state index in [1.165, 1.54) is 6.20 Å². The van der Waals surface area contributed by atoms with E-state index >= 15 is 0 Å². The van der Waals surface area contributed by atoms with Crippen molar-refractivity contribution in [1.82, 2.24) is 10.3 Å². The fourth-order valence-electron chi connectivity index (χ4n) is 3.17. The Labute approximate surface area is 143 Å². The summed E-state index contributed by atoms with van der Waals surface area (Å²) < 4.78 is 11.6. The molecule has 7 heteroatoms. The Morgan fingerprint density at radius 3 is 2.84 bits per heavy atom. The van der Waals surface area contributed by atoms with Crippen molar-refractivity contribution in [3.8, 4) is 17.2 Å². The lowest BCUT2D eigenvalue weighted by molar-refractivity contribution is -0.119. The van der Waals surface area contributed by atoms with Gasteiger partial charge in [-0.3, -0.25) is 14.6 Å². The molecule has 0 saturated heterocycles. The van der Waals surface area contributed by atoms with Gasteiger partial charge in [-0.1, -0.05) is 0 Å². The highest BCUT2D eigenvalue weighted by Crippen LogP contribution is 2.59. The molecule has 2 heterocycles. The Morgan fingerprint density at radius 1 is 1.28 bits per heavy atom. The summed E-state index contributed by atoms with van der Waals surface area (Å²) in [6.45, 7) is 3.29. The maximum atomic E-state index is 11.7. The monoisotopic (exact) mass is 337 g/mol. The number of ether oxygens (including phenoxy) is 2. The van der Waals surface area contributed by atoms with Crippen LogP contribution in [0.4, 0.5) is 0 Å². The molecule has 1 aliphatic carbocycles. The van der Waals surface area contributed by atoms with Gasteiger partial charge in [-0.15, -0.1) is 0 Å². The summed E-state index contributed by atoms with van der Waals surface area (Å²) in [7, 11) is 1.54. The number of nitrogens with one attached hydrogen (secondary N) is 1. The molecule has 7 nitrogen and oxygen atoms in total. The summed E-state index contributed by atoms with van der Waals surface area (Å²) in [6.07, 6.45) is 1.36. The van der Waals surface area contributed by atoms with Crippen LogP contribution in [0.15, 0.2) is 41.5 Å². The summed E-state index contributed by atoms with van der Waals surface area (Å²) >= 11 is 0. The topological polar surface area (TPSA) is 89.9 Å². The first kappa shape index (κ1) is 15.3. The zero-order valence-electron chi connectivity index (χ0n) is 13.4. The molecule has 0 radical (unpaired) electrons. The van der Waals surface area contributed by atoms with Crippen LogP contribution in [0.5, 0.6) is 17.2 Å². The Balaban J connectivity index is 1.56. The second-order valence-electron chi connectivity index (χ2n) is 5.89. The number of benzene rings is 1. The lowest BCUT2D eigenvalue weighted by Crippen LogP contribution is -2.18. The van der Waals surface area contributed by atoms with Gasteiger partial charge in [0.1, 0.15) is 29.0 Å². The number of hydrogen-bond donors (Lipinski definition) is 1. The summed E-state index contributed by atoms with van der Waals surface area (Å²) in [4.78, 5) is 30.9. The van der Waals surface area contributed by atoms with Crippen LogP contribution in [-0.2, 0) is 4.79 Å². The Hall–Kier alpha value is -3.22. The van der Waals surface area contributed by atoms with Crippen LogP contribution < -0.4 is 14.8 Å². The first-order chi connectivity index (χ1) is 12.1. The predicted molar refractivity (Wildman–Crippen MR) is 89.3 cm³/mol. The summed E-state index contributed by atoms with van der Waals surface area (Å²) in [5.41, 5.74) is 1.21. The Kier molecular flexibility index (Phi) is 3.49. The minimum Gasteiger partial charge on any atom is -0.489 e. The fraction of sp³-hybridized carbons (Fsp3) is 0.222. The minimum atomic E-state index is -0.285. The van der Waals surface area contributed by atoms with Crippen LogP contribution in [-0.4, -0.2) is 36.7 Å². The zero-order valence-corrected chi connectivity index (χ0v) is 13.4. The minimum absolute atomic E-state index is 0.00965. The van der Waals surface area contributed by atoms with Crippen LogP contribution in [0.1, 0.15) is 22.0 Å². The van der Waals surface area contributed by atoms with Gasteiger partial charge in [0.2, 0.25) is 0 Å². The van der Waals surface area contributed by atoms with Gasteiger partial charge in [-0.05, 0) is 31.0 Å². The third kappa shape index (κ3) is 2.53. The standard InChI is InChI=1S/C18H15N3O4/c1-19-17(22)12-8-10(5-6-21-12)24-9-3-4-13-11(7-9)14-15(16(14)25-13)18(23)20-2/h3-8,14-16H,2H2,1H3,(H,19,22)/t14-,15-,16-/m0/s1. The van der Waals surface area contributed by atoms with Gasteiger partial charge in [0.25, 0.3) is 11.8 Å². The van der Waals surface area contributed by atoms with Crippen molar-refractivity contribution in [3.63, 3.8) is 0 Å². The van der Waals surface area contributed by atoms with Gasteiger partial charge in [-0.2, -0.15) is 0 Å². The van der Waals surface area contributed by atoms with Crippen LogP contribution in [0.3, 0.4) is 0 Å². The summed E-state index contributed by atoms with van der Waals surface area (Å²) in [5, 5.41) is 2.52. The van der Waals surface area contributed by atoms with Gasteiger partial charge in [0.15, 0.2) is 0 Å². The van der Waals surface area contributed by atoms with E-state index in [1.807, 2.05) is 12.1 Å². The summed E-state index contributed by atoms with van der Waals surface area (Å²) in [6, 6.07) is 8.70. The van der Waals surface area contributed by atoms with Crippen molar-refractivity contribution in [2.75, 3.05) is 7.05 Å². The van der Waals surface area contributed by atoms with Gasteiger partial charge >= 0.3 is 0 Å². The first-order valence-corrected chi connectivity index (χ1v) is 7.79. The molecule has 0 unspecified atom stereocenters. The molecule has 126 valence electrons. The molecule has 1 saturated carbocycles. The van der Waals surface area contributed by atoms with Crippen LogP contribution in [0.25, 0.3) is 0 Å². The molecule has 25 heavy (non-hydrogen) atoms. The molecule has 3 atom stereocenters. The highest BCUT2D eigenvalue weighted by Gasteiger charge is 2.62. The summed E-state index contributed by atoms with van der Waals surface area (Å²) in [5.74, 6) is 1.10. The van der Waals surface area contributed by atoms with Crippen molar-refractivity contribution < 1.29 is 19.1 Å². The Morgan fingerprint density at radius 2 is 2.08 bits per heavy atom. The number of pyridine rings is 1. The number of aromatic nitrogens is 1. The van der Waals surface area contributed by atoms with E-state index in [-0.39, 0.29) is 35.4 Å². The molecule has 0 bridgehead atoms. The smallest absolute Gasteiger partial charge is 0.269 e. The molecule has 4 rings (SSSR count). The van der Waals surface area contributed by atoms with Crippen molar-refractivity contribution in [1.29, 1.82) is 0 Å². The lowest BCUT2D eigenvalue weighted by atomic mass is 10.1. The normalized spacial score (nSPS) is 22.2. The van der Waals surface area contributed by atoms with E-state index in [0.717, 1.165) is 11.3 Å². The third-order valence-corrected chi connectivity index (χ3v) is 4.43. The number of carbonyl (C=O) groups excluding carboxylic acids is 2. The van der Waals surface area contributed by atoms with Crippen LogP contribution >= 0.6 is 0 Å². The molecule has 2 amide bonds. The lowest BCUT2D eigenvalue weighted by Gasteiger charge is -2.10. The molecule has 1 fully saturated rings. The number of aliphatic imine (C=N–C) groups is 1. The molecule has 1 aromatic carbocycles. The highest BCUT2D eigenvalue weighted by atomic mass is 16.5. The highest BCUT2D eigenvalue weighted by molar-refractivity contribution is 5.92. The second-order valence-corrected chi connectivity index (χ2v) is 5.89. The SMILES string of the molecule is C=NC(=O)[C@@H]1[C@H]2Oc3ccc(Oc4ccnc(C(=O)NC)c4)cc3[C@H]21. The first-order valence-electron chi connectivity index (χ1n) is 7.79. The average Bonchev–Trinajstić information content (AvgIpc) is 3.23. The third-order valence-electron chi connectivity index (χ3n) is 4.43. The van der Waals surface area contributed by atoms with E-state index in [2.05, 4.69) is 22.0 Å². The van der Waals surface area contributed by atoms with Crippen LogP contribution in [0.2, 0.25) is 0 Å². The molecule has 1 aliphatic heterocycles. The van der Waals surface area contributed by atoms with Gasteiger partial charge in [0.05, 0.1) is 5.92 Å². The molecule has 2 aromatic rings. The van der Waals surface area contributed by atoms with E-state index in [0.29, 0.717) is 11.5 Å². The van der Waals surface area contributed by atoms with E-state index in [9.17, 15) is 9.59 Å². The molecule has 0 spiro atoms. The van der Waals surface area contributed by atoms with E-state index in [4.69, 9.17) is 9.47 Å². The molecular weight excluding hydrogens is 322 g/mol. The zero-order chi connectivity index (χ0) is 17.6. The number of rotatable bonds is 4. The second kappa shape index (κ2) is 5.70. The maximum absolute atomic E-state index is 11.7. The van der Waals surface area contributed by atoms with Crippen molar-refractivity contribution in [3.05, 3.63) is 47.8 Å². The average molecular weight is 337 g/mol. The van der Waals surface area contributed by atoms with Gasteiger partial charge in [0, 0.05) is 30.8 Å². The maximum Gasteiger partial charge on any atom is 0.269 e. The number of fused-ring (bicyclic) bond motifs is 3. The Bertz CT molecular complexity index is 896. The number of amides is 2. The van der Waals surface area contributed by atoms with E-state index in [1.54, 1.807) is 25.2 Å².